The second kappa shape index (κ2) is 4.55. The molecule has 0 radical (unpaired) electrons. The monoisotopic (exact) mass is 238 g/mol. The predicted octanol–water partition coefficient (Wildman–Crippen LogP) is 1.70. The van der Waals surface area contributed by atoms with E-state index in [2.05, 4.69) is 0 Å². The van der Waals surface area contributed by atoms with E-state index in [0.717, 1.165) is 5.56 Å². The van der Waals surface area contributed by atoms with Gasteiger partial charge in [-0.15, -0.1) is 0 Å². The van der Waals surface area contributed by atoms with Crippen molar-refractivity contribution in [3.05, 3.63) is 23.8 Å². The second-order valence-electron chi connectivity index (χ2n) is 4.40. The Kier molecular flexibility index (Phi) is 3.26. The zero-order valence-electron chi connectivity index (χ0n) is 10.4. The van der Waals surface area contributed by atoms with E-state index in [1.807, 2.05) is 12.1 Å². The minimum absolute atomic E-state index is 0.136. The van der Waals surface area contributed by atoms with Crippen LogP contribution >= 0.6 is 0 Å². The Hall–Kier alpha value is -1.26. The van der Waals surface area contributed by atoms with Crippen molar-refractivity contribution in [2.24, 2.45) is 0 Å². The highest BCUT2D eigenvalue weighted by atomic mass is 16.5. The van der Waals surface area contributed by atoms with Crippen LogP contribution in [0.1, 0.15) is 18.4 Å². The lowest BCUT2D eigenvalue weighted by Crippen LogP contribution is -2.45. The Morgan fingerprint density at radius 2 is 1.59 bits per heavy atom. The largest absolute Gasteiger partial charge is 0.497 e. The average Bonchev–Trinajstić information content (AvgIpc) is 2.34. The lowest BCUT2D eigenvalue weighted by atomic mass is 9.73. The number of methoxy groups -OCH3 is 3. The van der Waals surface area contributed by atoms with Crippen molar-refractivity contribution in [3.8, 4) is 11.5 Å². The standard InChI is InChI=1S/C13H18O4/c1-15-10-4-9(5-11(6-10)16-2)13(14)7-12(8-13)17-3/h4-6,12,14H,7-8H2,1-3H3. The summed E-state index contributed by atoms with van der Waals surface area (Å²) >= 11 is 0. The summed E-state index contributed by atoms with van der Waals surface area (Å²) in [4.78, 5) is 0. The Morgan fingerprint density at radius 1 is 1.06 bits per heavy atom. The van der Waals surface area contributed by atoms with E-state index in [-0.39, 0.29) is 6.10 Å². The van der Waals surface area contributed by atoms with Crippen LogP contribution in [0, 0.1) is 0 Å². The number of hydrogen-bond donors (Lipinski definition) is 1. The molecule has 1 aromatic rings. The zero-order valence-corrected chi connectivity index (χ0v) is 10.4. The molecular formula is C13H18O4. The summed E-state index contributed by atoms with van der Waals surface area (Å²) in [5.41, 5.74) is 0.00433. The number of benzene rings is 1. The van der Waals surface area contributed by atoms with E-state index in [4.69, 9.17) is 14.2 Å². The highest BCUT2D eigenvalue weighted by molar-refractivity contribution is 5.42. The predicted molar refractivity (Wildman–Crippen MR) is 63.5 cm³/mol. The molecule has 0 bridgehead atoms. The van der Waals surface area contributed by atoms with E-state index in [1.54, 1.807) is 27.4 Å². The maximum absolute atomic E-state index is 10.4. The van der Waals surface area contributed by atoms with Crippen LogP contribution in [0.4, 0.5) is 0 Å². The first kappa shape index (κ1) is 12.2. The molecule has 1 aliphatic carbocycles. The third-order valence-electron chi connectivity index (χ3n) is 3.35. The Bertz CT molecular complexity index is 374. The maximum Gasteiger partial charge on any atom is 0.122 e. The van der Waals surface area contributed by atoms with Gasteiger partial charge in [-0.3, -0.25) is 0 Å². The van der Waals surface area contributed by atoms with Gasteiger partial charge in [0, 0.05) is 26.0 Å². The molecule has 17 heavy (non-hydrogen) atoms. The molecule has 0 aromatic heterocycles. The fourth-order valence-corrected chi connectivity index (χ4v) is 2.17. The smallest absolute Gasteiger partial charge is 0.122 e. The average molecular weight is 238 g/mol. The molecule has 0 heterocycles. The summed E-state index contributed by atoms with van der Waals surface area (Å²) in [6.45, 7) is 0. The second-order valence-corrected chi connectivity index (χ2v) is 4.40. The van der Waals surface area contributed by atoms with Gasteiger partial charge in [0.2, 0.25) is 0 Å². The quantitative estimate of drug-likeness (QED) is 0.867. The molecule has 2 rings (SSSR count). The van der Waals surface area contributed by atoms with Gasteiger partial charge in [-0.05, 0) is 17.7 Å². The number of rotatable bonds is 4. The van der Waals surface area contributed by atoms with E-state index < -0.39 is 5.60 Å². The molecular weight excluding hydrogens is 220 g/mol. The number of hydrogen-bond acceptors (Lipinski definition) is 4. The van der Waals surface area contributed by atoms with Crippen molar-refractivity contribution in [1.29, 1.82) is 0 Å². The normalized spacial score (nSPS) is 27.4. The lowest BCUT2D eigenvalue weighted by molar-refractivity contribution is -0.133. The van der Waals surface area contributed by atoms with Crippen molar-refractivity contribution in [3.63, 3.8) is 0 Å². The number of aliphatic hydroxyl groups is 1. The fourth-order valence-electron chi connectivity index (χ4n) is 2.17. The number of ether oxygens (including phenoxy) is 3. The lowest BCUT2D eigenvalue weighted by Gasteiger charge is -2.43. The topological polar surface area (TPSA) is 47.9 Å². The van der Waals surface area contributed by atoms with Gasteiger partial charge in [0.1, 0.15) is 11.5 Å². The third kappa shape index (κ3) is 2.23. The Morgan fingerprint density at radius 3 is 2.00 bits per heavy atom. The van der Waals surface area contributed by atoms with Gasteiger partial charge in [0.05, 0.1) is 25.9 Å². The van der Waals surface area contributed by atoms with Crippen LogP contribution in [0.5, 0.6) is 11.5 Å². The summed E-state index contributed by atoms with van der Waals surface area (Å²) in [5, 5.41) is 10.4. The Labute approximate surface area is 101 Å². The van der Waals surface area contributed by atoms with Gasteiger partial charge in [0.25, 0.3) is 0 Å². The van der Waals surface area contributed by atoms with Crippen molar-refractivity contribution in [1.82, 2.24) is 0 Å². The highest BCUT2D eigenvalue weighted by Gasteiger charge is 2.44. The minimum Gasteiger partial charge on any atom is -0.497 e. The molecule has 1 saturated carbocycles. The first-order valence-corrected chi connectivity index (χ1v) is 5.60. The first-order valence-electron chi connectivity index (χ1n) is 5.60. The molecule has 0 aliphatic heterocycles. The van der Waals surface area contributed by atoms with Gasteiger partial charge < -0.3 is 19.3 Å². The highest BCUT2D eigenvalue weighted by Crippen LogP contribution is 2.44. The molecule has 1 aliphatic rings. The van der Waals surface area contributed by atoms with Gasteiger partial charge in [0.15, 0.2) is 0 Å². The van der Waals surface area contributed by atoms with Crippen LogP contribution in [0.25, 0.3) is 0 Å². The van der Waals surface area contributed by atoms with Crippen LogP contribution in [0.15, 0.2) is 18.2 Å². The van der Waals surface area contributed by atoms with Gasteiger partial charge in [-0.2, -0.15) is 0 Å². The van der Waals surface area contributed by atoms with Crippen molar-refractivity contribution < 1.29 is 19.3 Å². The fraction of sp³-hybridized carbons (Fsp3) is 0.538. The summed E-state index contributed by atoms with van der Waals surface area (Å²) < 4.78 is 15.6. The van der Waals surface area contributed by atoms with E-state index in [1.165, 1.54) is 0 Å². The van der Waals surface area contributed by atoms with Gasteiger partial charge in [-0.1, -0.05) is 0 Å². The zero-order chi connectivity index (χ0) is 12.5. The molecule has 94 valence electrons. The van der Waals surface area contributed by atoms with Crippen molar-refractivity contribution in [2.45, 2.75) is 24.5 Å². The molecule has 0 spiro atoms. The molecule has 0 unspecified atom stereocenters. The molecule has 0 saturated heterocycles. The SMILES string of the molecule is COc1cc(OC)cc(C2(O)CC(OC)C2)c1. The summed E-state index contributed by atoms with van der Waals surface area (Å²) in [7, 11) is 4.86. The van der Waals surface area contributed by atoms with Crippen LogP contribution in [0.3, 0.4) is 0 Å². The van der Waals surface area contributed by atoms with Gasteiger partial charge >= 0.3 is 0 Å². The molecule has 1 aromatic carbocycles. The van der Waals surface area contributed by atoms with E-state index in [9.17, 15) is 5.11 Å². The van der Waals surface area contributed by atoms with E-state index >= 15 is 0 Å². The first-order chi connectivity index (χ1) is 8.11. The van der Waals surface area contributed by atoms with E-state index in [0.29, 0.717) is 24.3 Å². The summed E-state index contributed by atoms with van der Waals surface area (Å²) in [6.07, 6.45) is 1.36. The summed E-state index contributed by atoms with van der Waals surface area (Å²) in [5.74, 6) is 1.38. The minimum atomic E-state index is -0.817. The van der Waals surface area contributed by atoms with Crippen molar-refractivity contribution in [2.75, 3.05) is 21.3 Å². The third-order valence-corrected chi connectivity index (χ3v) is 3.35. The van der Waals surface area contributed by atoms with Crippen LogP contribution in [-0.4, -0.2) is 32.5 Å². The Balaban J connectivity index is 2.26. The molecule has 4 nitrogen and oxygen atoms in total. The molecule has 0 atom stereocenters. The molecule has 4 heteroatoms. The molecule has 1 N–H and O–H groups in total. The summed E-state index contributed by atoms with van der Waals surface area (Å²) in [6, 6.07) is 5.47. The maximum atomic E-state index is 10.4. The van der Waals surface area contributed by atoms with Crippen LogP contribution in [0.2, 0.25) is 0 Å². The van der Waals surface area contributed by atoms with Gasteiger partial charge in [-0.25, -0.2) is 0 Å². The van der Waals surface area contributed by atoms with Crippen LogP contribution in [-0.2, 0) is 10.3 Å². The molecule has 1 fully saturated rings. The van der Waals surface area contributed by atoms with Crippen molar-refractivity contribution >= 4 is 0 Å². The molecule has 0 amide bonds. The van der Waals surface area contributed by atoms with Crippen LogP contribution < -0.4 is 9.47 Å².